The summed E-state index contributed by atoms with van der Waals surface area (Å²) in [6.07, 6.45) is 0.795. The van der Waals surface area contributed by atoms with E-state index in [0.717, 1.165) is 27.4 Å². The van der Waals surface area contributed by atoms with E-state index in [1.165, 1.54) is 11.3 Å². The SMILES string of the molecule is CCc1nc(Br)cc(-c2ccc(C#N)s2)n1. The van der Waals surface area contributed by atoms with Gasteiger partial charge in [-0.2, -0.15) is 5.26 Å². The number of rotatable bonds is 2. The van der Waals surface area contributed by atoms with Gasteiger partial charge in [0.1, 0.15) is 21.4 Å². The van der Waals surface area contributed by atoms with Gasteiger partial charge in [-0.05, 0) is 34.1 Å². The van der Waals surface area contributed by atoms with Gasteiger partial charge in [0.2, 0.25) is 0 Å². The second-order valence-corrected chi connectivity index (χ2v) is 5.02. The number of halogens is 1. The van der Waals surface area contributed by atoms with Crippen molar-refractivity contribution in [2.45, 2.75) is 13.3 Å². The van der Waals surface area contributed by atoms with Crippen molar-refractivity contribution < 1.29 is 0 Å². The van der Waals surface area contributed by atoms with Crippen molar-refractivity contribution in [3.05, 3.63) is 33.5 Å². The molecule has 0 unspecified atom stereocenters. The molecule has 0 fully saturated rings. The van der Waals surface area contributed by atoms with Crippen LogP contribution in [0.1, 0.15) is 17.6 Å². The van der Waals surface area contributed by atoms with Crippen LogP contribution in [0.4, 0.5) is 0 Å². The minimum atomic E-state index is 0.697. The molecule has 0 aliphatic heterocycles. The number of nitrogens with zero attached hydrogens (tertiary/aromatic N) is 3. The first-order chi connectivity index (χ1) is 7.72. The van der Waals surface area contributed by atoms with Gasteiger partial charge in [-0.3, -0.25) is 0 Å². The fraction of sp³-hybridized carbons (Fsp3) is 0.182. The molecule has 16 heavy (non-hydrogen) atoms. The van der Waals surface area contributed by atoms with Crippen molar-refractivity contribution in [3.8, 4) is 16.6 Å². The van der Waals surface area contributed by atoms with Gasteiger partial charge in [-0.25, -0.2) is 9.97 Å². The highest BCUT2D eigenvalue weighted by molar-refractivity contribution is 9.10. The molecule has 0 aliphatic rings. The third-order valence-electron chi connectivity index (χ3n) is 2.03. The molecule has 2 rings (SSSR count). The molecule has 3 nitrogen and oxygen atoms in total. The lowest BCUT2D eigenvalue weighted by atomic mass is 10.3. The quantitative estimate of drug-likeness (QED) is 0.798. The van der Waals surface area contributed by atoms with Gasteiger partial charge < -0.3 is 0 Å². The molecule has 2 aromatic rings. The summed E-state index contributed by atoms with van der Waals surface area (Å²) in [5.74, 6) is 0.802. The Morgan fingerprint density at radius 2 is 2.25 bits per heavy atom. The van der Waals surface area contributed by atoms with E-state index in [1.807, 2.05) is 25.1 Å². The lowest BCUT2D eigenvalue weighted by Crippen LogP contribution is -1.94. The molecule has 0 N–H and O–H groups in total. The monoisotopic (exact) mass is 293 g/mol. The maximum absolute atomic E-state index is 8.77. The van der Waals surface area contributed by atoms with E-state index in [0.29, 0.717) is 4.88 Å². The Kier molecular flexibility index (Phi) is 3.32. The number of aromatic nitrogens is 2. The smallest absolute Gasteiger partial charge is 0.130 e. The topological polar surface area (TPSA) is 49.6 Å². The molecular weight excluding hydrogens is 286 g/mol. The van der Waals surface area contributed by atoms with Crippen LogP contribution in [0.15, 0.2) is 22.8 Å². The predicted molar refractivity (Wildman–Crippen MR) is 67.1 cm³/mol. The van der Waals surface area contributed by atoms with Crippen LogP contribution in [-0.4, -0.2) is 9.97 Å². The molecule has 0 amide bonds. The predicted octanol–water partition coefficient (Wildman–Crippen LogP) is 3.40. The third-order valence-corrected chi connectivity index (χ3v) is 3.44. The maximum Gasteiger partial charge on any atom is 0.130 e. The Morgan fingerprint density at radius 1 is 1.44 bits per heavy atom. The number of thiophene rings is 1. The van der Waals surface area contributed by atoms with Crippen molar-refractivity contribution in [1.82, 2.24) is 9.97 Å². The highest BCUT2D eigenvalue weighted by Gasteiger charge is 2.07. The van der Waals surface area contributed by atoms with Crippen LogP contribution >= 0.6 is 27.3 Å². The molecule has 5 heteroatoms. The van der Waals surface area contributed by atoms with Crippen molar-refractivity contribution >= 4 is 27.3 Å². The number of nitriles is 1. The molecule has 0 radical (unpaired) electrons. The van der Waals surface area contributed by atoms with E-state index in [-0.39, 0.29) is 0 Å². The fourth-order valence-corrected chi connectivity index (χ4v) is 2.47. The van der Waals surface area contributed by atoms with Crippen molar-refractivity contribution in [3.63, 3.8) is 0 Å². The summed E-state index contributed by atoms with van der Waals surface area (Å²) in [4.78, 5) is 10.4. The van der Waals surface area contributed by atoms with Crippen LogP contribution in [0.5, 0.6) is 0 Å². The standard InChI is InChI=1S/C11H8BrN3S/c1-2-11-14-8(5-10(12)15-11)9-4-3-7(6-13)16-9/h3-5H,2H2,1H3. The minimum Gasteiger partial charge on any atom is -0.232 e. The van der Waals surface area contributed by atoms with Crippen LogP contribution in [0, 0.1) is 11.3 Å². The Balaban J connectivity index is 2.47. The first-order valence-electron chi connectivity index (χ1n) is 4.76. The molecule has 0 saturated carbocycles. The lowest BCUT2D eigenvalue weighted by molar-refractivity contribution is 0.933. The van der Waals surface area contributed by atoms with Crippen LogP contribution < -0.4 is 0 Å². The van der Waals surface area contributed by atoms with E-state index >= 15 is 0 Å². The first-order valence-corrected chi connectivity index (χ1v) is 6.37. The van der Waals surface area contributed by atoms with E-state index in [2.05, 4.69) is 32.0 Å². The average molecular weight is 294 g/mol. The van der Waals surface area contributed by atoms with Gasteiger partial charge in [0.05, 0.1) is 10.6 Å². The van der Waals surface area contributed by atoms with E-state index in [4.69, 9.17) is 5.26 Å². The van der Waals surface area contributed by atoms with E-state index < -0.39 is 0 Å². The average Bonchev–Trinajstić information content (AvgIpc) is 2.76. The maximum atomic E-state index is 8.77. The Labute approximate surface area is 106 Å². The summed E-state index contributed by atoms with van der Waals surface area (Å²) in [6, 6.07) is 7.71. The zero-order valence-electron chi connectivity index (χ0n) is 8.57. The largest absolute Gasteiger partial charge is 0.232 e. The molecule has 0 atom stereocenters. The normalized spacial score (nSPS) is 10.1. The second kappa shape index (κ2) is 4.73. The zero-order valence-corrected chi connectivity index (χ0v) is 11.0. The summed E-state index contributed by atoms with van der Waals surface area (Å²) in [7, 11) is 0. The Morgan fingerprint density at radius 3 is 2.88 bits per heavy atom. The third kappa shape index (κ3) is 2.29. The minimum absolute atomic E-state index is 0.697. The summed E-state index contributed by atoms with van der Waals surface area (Å²) >= 11 is 4.81. The summed E-state index contributed by atoms with van der Waals surface area (Å²) in [6.45, 7) is 2.01. The molecular formula is C11H8BrN3S. The van der Waals surface area contributed by atoms with Crippen molar-refractivity contribution in [1.29, 1.82) is 5.26 Å². The molecule has 0 bridgehead atoms. The van der Waals surface area contributed by atoms with Crippen LogP contribution in [0.25, 0.3) is 10.6 Å². The molecule has 0 saturated heterocycles. The molecule has 2 heterocycles. The molecule has 0 aliphatic carbocycles. The van der Waals surface area contributed by atoms with Gasteiger partial charge in [0, 0.05) is 6.42 Å². The molecule has 80 valence electrons. The summed E-state index contributed by atoms with van der Waals surface area (Å²) in [5.41, 5.74) is 0.866. The summed E-state index contributed by atoms with van der Waals surface area (Å²) in [5, 5.41) is 8.77. The number of hydrogen-bond donors (Lipinski definition) is 0. The van der Waals surface area contributed by atoms with Gasteiger partial charge in [-0.15, -0.1) is 11.3 Å². The first kappa shape index (κ1) is 11.2. The zero-order chi connectivity index (χ0) is 11.5. The fourth-order valence-electron chi connectivity index (χ4n) is 1.28. The Hall–Kier alpha value is -1.25. The number of aryl methyl sites for hydroxylation is 1. The van der Waals surface area contributed by atoms with E-state index in [1.54, 1.807) is 0 Å². The van der Waals surface area contributed by atoms with Crippen LogP contribution in [0.2, 0.25) is 0 Å². The van der Waals surface area contributed by atoms with Gasteiger partial charge in [0.25, 0.3) is 0 Å². The lowest BCUT2D eigenvalue weighted by Gasteiger charge is -2.01. The van der Waals surface area contributed by atoms with Crippen molar-refractivity contribution in [2.75, 3.05) is 0 Å². The molecule has 2 aromatic heterocycles. The van der Waals surface area contributed by atoms with Crippen molar-refractivity contribution in [2.24, 2.45) is 0 Å². The van der Waals surface area contributed by atoms with Gasteiger partial charge in [-0.1, -0.05) is 6.92 Å². The van der Waals surface area contributed by atoms with Gasteiger partial charge in [0.15, 0.2) is 0 Å². The van der Waals surface area contributed by atoms with Gasteiger partial charge >= 0.3 is 0 Å². The molecule has 0 aromatic carbocycles. The van der Waals surface area contributed by atoms with Crippen LogP contribution in [0.3, 0.4) is 0 Å². The highest BCUT2D eigenvalue weighted by Crippen LogP contribution is 2.27. The molecule has 0 spiro atoms. The Bertz CT molecular complexity index is 557. The van der Waals surface area contributed by atoms with Crippen LogP contribution in [-0.2, 0) is 6.42 Å². The highest BCUT2D eigenvalue weighted by atomic mass is 79.9. The van der Waals surface area contributed by atoms with E-state index in [9.17, 15) is 0 Å². The second-order valence-electron chi connectivity index (χ2n) is 3.12. The summed E-state index contributed by atoms with van der Waals surface area (Å²) < 4.78 is 0.779. The number of hydrogen-bond acceptors (Lipinski definition) is 4.